The fourth-order valence-electron chi connectivity index (χ4n) is 2.49. The van der Waals surface area contributed by atoms with Gasteiger partial charge in [0.15, 0.2) is 0 Å². The van der Waals surface area contributed by atoms with Gasteiger partial charge in [-0.2, -0.15) is 0 Å². The van der Waals surface area contributed by atoms with Gasteiger partial charge >= 0.3 is 0 Å². The smallest absolute Gasteiger partial charge is 0.273 e. The Kier molecular flexibility index (Phi) is 3.22. The van der Waals surface area contributed by atoms with Crippen molar-refractivity contribution in [3.63, 3.8) is 0 Å². The minimum Gasteiger partial charge on any atom is -0.506 e. The summed E-state index contributed by atoms with van der Waals surface area (Å²) in [6.07, 6.45) is 1.55. The van der Waals surface area contributed by atoms with Crippen molar-refractivity contribution >= 4 is 27.0 Å². The first-order valence-electron chi connectivity index (χ1n) is 6.40. The van der Waals surface area contributed by atoms with Crippen molar-refractivity contribution < 1.29 is 13.5 Å². The van der Waals surface area contributed by atoms with Gasteiger partial charge in [-0.1, -0.05) is 12.1 Å². The van der Waals surface area contributed by atoms with Crippen molar-refractivity contribution in [1.82, 2.24) is 0 Å². The molecule has 6 heteroatoms. The molecule has 1 aromatic carbocycles. The number of aryl methyl sites for hydroxylation is 2. The second kappa shape index (κ2) is 4.79. The predicted octanol–water partition coefficient (Wildman–Crippen LogP) is 2.90. The Morgan fingerprint density at radius 1 is 1.25 bits per heavy atom. The van der Waals surface area contributed by atoms with Gasteiger partial charge in [0, 0.05) is 11.4 Å². The molecule has 1 aromatic heterocycles. The molecule has 0 amide bonds. The fraction of sp³-hybridized carbons (Fsp3) is 0.286. The maximum absolute atomic E-state index is 12.7. The topological polar surface area (TPSA) is 57.6 Å². The van der Waals surface area contributed by atoms with Crippen LogP contribution in [0.1, 0.15) is 16.9 Å². The Morgan fingerprint density at radius 3 is 2.75 bits per heavy atom. The monoisotopic (exact) mass is 309 g/mol. The molecule has 0 spiro atoms. The third-order valence-corrected chi connectivity index (χ3v) is 6.68. The largest absolute Gasteiger partial charge is 0.506 e. The van der Waals surface area contributed by atoms with E-state index in [1.54, 1.807) is 18.2 Å². The number of rotatable bonds is 2. The molecule has 1 aliphatic rings. The number of sulfonamides is 1. The molecular formula is C14H15NO3S2. The van der Waals surface area contributed by atoms with Crippen molar-refractivity contribution in [2.45, 2.75) is 24.0 Å². The van der Waals surface area contributed by atoms with Crippen molar-refractivity contribution in [2.75, 3.05) is 10.8 Å². The number of thiophene rings is 1. The van der Waals surface area contributed by atoms with Crippen molar-refractivity contribution in [3.05, 3.63) is 40.8 Å². The summed E-state index contributed by atoms with van der Waals surface area (Å²) in [4.78, 5) is 0.957. The van der Waals surface area contributed by atoms with Crippen molar-refractivity contribution in [3.8, 4) is 5.75 Å². The van der Waals surface area contributed by atoms with Crippen LogP contribution in [0.15, 0.2) is 34.5 Å². The highest BCUT2D eigenvalue weighted by molar-refractivity contribution is 7.94. The van der Waals surface area contributed by atoms with E-state index in [4.69, 9.17) is 0 Å². The number of aromatic hydroxyl groups is 1. The molecule has 0 aliphatic carbocycles. The number of fused-ring (bicyclic) bond motifs is 1. The molecular weight excluding hydrogens is 294 g/mol. The van der Waals surface area contributed by atoms with E-state index in [-0.39, 0.29) is 5.75 Å². The summed E-state index contributed by atoms with van der Waals surface area (Å²) >= 11 is 1.26. The second-order valence-corrected chi connectivity index (χ2v) is 8.21. The molecule has 106 valence electrons. The molecule has 1 N–H and O–H groups in total. The van der Waals surface area contributed by atoms with E-state index in [0.717, 1.165) is 23.3 Å². The minimum absolute atomic E-state index is 0.0269. The van der Waals surface area contributed by atoms with Crippen LogP contribution in [0.5, 0.6) is 5.75 Å². The zero-order valence-electron chi connectivity index (χ0n) is 11.0. The predicted molar refractivity (Wildman–Crippen MR) is 80.0 cm³/mol. The van der Waals surface area contributed by atoms with Gasteiger partial charge in [-0.15, -0.1) is 11.3 Å². The number of hydrogen-bond donors (Lipinski definition) is 1. The van der Waals surface area contributed by atoms with E-state index in [9.17, 15) is 13.5 Å². The van der Waals surface area contributed by atoms with Crippen LogP contribution in [-0.2, 0) is 16.4 Å². The lowest BCUT2D eigenvalue weighted by Gasteiger charge is -2.30. The maximum atomic E-state index is 12.7. The second-order valence-electron chi connectivity index (χ2n) is 4.83. The molecule has 1 aliphatic heterocycles. The van der Waals surface area contributed by atoms with Crippen LogP contribution in [-0.4, -0.2) is 20.1 Å². The number of phenols is 1. The first kappa shape index (κ1) is 13.5. The van der Waals surface area contributed by atoms with Crippen LogP contribution in [0.3, 0.4) is 0 Å². The molecule has 0 radical (unpaired) electrons. The van der Waals surface area contributed by atoms with E-state index in [2.05, 4.69) is 0 Å². The van der Waals surface area contributed by atoms with Crippen LogP contribution in [0, 0.1) is 6.92 Å². The van der Waals surface area contributed by atoms with Gasteiger partial charge in [0.05, 0.1) is 5.69 Å². The SMILES string of the molecule is Cc1ccc(S(=O)(=O)N2CCCc3cccc(O)c32)s1. The van der Waals surface area contributed by atoms with E-state index in [0.29, 0.717) is 16.4 Å². The third-order valence-electron chi connectivity index (χ3n) is 3.42. The molecule has 2 heterocycles. The lowest BCUT2D eigenvalue weighted by molar-refractivity contribution is 0.473. The van der Waals surface area contributed by atoms with E-state index >= 15 is 0 Å². The molecule has 0 bridgehead atoms. The molecule has 0 saturated carbocycles. The van der Waals surface area contributed by atoms with Crippen LogP contribution in [0.25, 0.3) is 0 Å². The standard InChI is InChI=1S/C14H15NO3S2/c1-10-7-8-13(19-10)20(17,18)15-9-3-5-11-4-2-6-12(16)14(11)15/h2,4,6-8,16H,3,5,9H2,1H3. The molecule has 0 atom stereocenters. The summed E-state index contributed by atoms with van der Waals surface area (Å²) in [6, 6.07) is 8.58. The maximum Gasteiger partial charge on any atom is 0.273 e. The van der Waals surface area contributed by atoms with Gasteiger partial charge in [0.25, 0.3) is 10.0 Å². The average Bonchev–Trinajstić information content (AvgIpc) is 2.86. The highest BCUT2D eigenvalue weighted by Crippen LogP contribution is 2.39. The first-order chi connectivity index (χ1) is 9.50. The molecule has 2 aromatic rings. The normalized spacial score (nSPS) is 15.2. The molecule has 3 rings (SSSR count). The van der Waals surface area contributed by atoms with Gasteiger partial charge in [0.2, 0.25) is 0 Å². The minimum atomic E-state index is -3.59. The van der Waals surface area contributed by atoms with E-state index in [1.807, 2.05) is 13.0 Å². The number of phenolic OH excluding ortho intramolecular Hbond substituents is 1. The number of nitrogens with zero attached hydrogens (tertiary/aromatic N) is 1. The summed E-state index contributed by atoms with van der Waals surface area (Å²) in [5.74, 6) is 0.0269. The molecule has 20 heavy (non-hydrogen) atoms. The van der Waals surface area contributed by atoms with Gasteiger partial charge in [0.1, 0.15) is 9.96 Å². The van der Waals surface area contributed by atoms with Gasteiger partial charge in [-0.3, -0.25) is 4.31 Å². The van der Waals surface area contributed by atoms with Crippen LogP contribution >= 0.6 is 11.3 Å². The van der Waals surface area contributed by atoms with Gasteiger partial charge in [-0.25, -0.2) is 8.42 Å². The summed E-state index contributed by atoms with van der Waals surface area (Å²) in [5, 5.41) is 10.0. The first-order valence-corrected chi connectivity index (χ1v) is 8.66. The quantitative estimate of drug-likeness (QED) is 0.928. The number of para-hydroxylation sites is 1. The zero-order valence-corrected chi connectivity index (χ0v) is 12.7. The van der Waals surface area contributed by atoms with E-state index in [1.165, 1.54) is 21.7 Å². The van der Waals surface area contributed by atoms with Crippen molar-refractivity contribution in [1.29, 1.82) is 0 Å². The van der Waals surface area contributed by atoms with Crippen LogP contribution in [0.2, 0.25) is 0 Å². The Morgan fingerprint density at radius 2 is 2.05 bits per heavy atom. The molecule has 0 unspecified atom stereocenters. The average molecular weight is 309 g/mol. The number of anilines is 1. The fourth-order valence-corrected chi connectivity index (χ4v) is 5.44. The Balaban J connectivity index is 2.13. The van der Waals surface area contributed by atoms with Crippen LogP contribution in [0.4, 0.5) is 5.69 Å². The molecule has 4 nitrogen and oxygen atoms in total. The van der Waals surface area contributed by atoms with Crippen molar-refractivity contribution in [2.24, 2.45) is 0 Å². The number of hydrogen-bond acceptors (Lipinski definition) is 4. The van der Waals surface area contributed by atoms with Gasteiger partial charge < -0.3 is 5.11 Å². The van der Waals surface area contributed by atoms with Crippen LogP contribution < -0.4 is 4.31 Å². The number of benzene rings is 1. The van der Waals surface area contributed by atoms with E-state index < -0.39 is 10.0 Å². The lowest BCUT2D eigenvalue weighted by atomic mass is 10.0. The summed E-state index contributed by atoms with van der Waals surface area (Å²) in [5.41, 5.74) is 1.32. The van der Waals surface area contributed by atoms with Gasteiger partial charge in [-0.05, 0) is 43.5 Å². The Bertz CT molecular complexity index is 750. The highest BCUT2D eigenvalue weighted by Gasteiger charge is 2.31. The molecule has 0 saturated heterocycles. The Labute approximate surface area is 122 Å². The summed E-state index contributed by atoms with van der Waals surface area (Å²) < 4.78 is 27.1. The zero-order chi connectivity index (χ0) is 14.3. The third kappa shape index (κ3) is 2.09. The molecule has 0 fully saturated rings. The highest BCUT2D eigenvalue weighted by atomic mass is 32.2. The Hall–Kier alpha value is -1.53. The summed E-state index contributed by atoms with van der Waals surface area (Å²) in [7, 11) is -3.59. The summed E-state index contributed by atoms with van der Waals surface area (Å²) in [6.45, 7) is 2.29. The lowest BCUT2D eigenvalue weighted by Crippen LogP contribution is -2.35.